The molecule has 6 heteroatoms. The van der Waals surface area contributed by atoms with Crippen molar-refractivity contribution in [3.8, 4) is 5.75 Å². The van der Waals surface area contributed by atoms with Crippen LogP contribution in [0.5, 0.6) is 5.75 Å². The van der Waals surface area contributed by atoms with Gasteiger partial charge in [-0.2, -0.15) is 0 Å². The Hall–Kier alpha value is -2.99. The first-order valence-corrected chi connectivity index (χ1v) is 8.87. The number of pyridine rings is 3. The fraction of sp³-hybridized carbons (Fsp3) is 0.0500. The molecule has 0 fully saturated rings. The molecule has 1 unspecified atom stereocenters. The summed E-state index contributed by atoms with van der Waals surface area (Å²) >= 11 is 3.39. The number of hydrogen-bond acceptors (Lipinski definition) is 5. The van der Waals surface area contributed by atoms with E-state index in [9.17, 15) is 5.11 Å². The van der Waals surface area contributed by atoms with Gasteiger partial charge in [-0.25, -0.2) is 4.98 Å². The maximum atomic E-state index is 10.8. The first kappa shape index (κ1) is 16.5. The van der Waals surface area contributed by atoms with E-state index in [0.717, 1.165) is 15.6 Å². The maximum Gasteiger partial charge on any atom is 0.147 e. The van der Waals surface area contributed by atoms with Crippen molar-refractivity contribution in [2.45, 2.75) is 6.04 Å². The van der Waals surface area contributed by atoms with Crippen LogP contribution in [0.15, 0.2) is 77.7 Å². The van der Waals surface area contributed by atoms with E-state index in [1.54, 1.807) is 18.6 Å². The molecular formula is C20H15BrN4O. The monoisotopic (exact) mass is 406 g/mol. The van der Waals surface area contributed by atoms with Crippen molar-refractivity contribution in [1.82, 2.24) is 15.0 Å². The van der Waals surface area contributed by atoms with Crippen molar-refractivity contribution >= 4 is 32.7 Å². The highest BCUT2D eigenvalue weighted by Gasteiger charge is 2.21. The Labute approximate surface area is 158 Å². The lowest BCUT2D eigenvalue weighted by Crippen LogP contribution is -2.15. The average Bonchev–Trinajstić information content (AvgIpc) is 2.69. The van der Waals surface area contributed by atoms with Crippen LogP contribution in [0.4, 0.5) is 5.82 Å². The van der Waals surface area contributed by atoms with Gasteiger partial charge in [0.2, 0.25) is 0 Å². The van der Waals surface area contributed by atoms with Gasteiger partial charge in [0.05, 0.1) is 11.7 Å². The molecule has 4 rings (SSSR count). The highest BCUT2D eigenvalue weighted by Crippen LogP contribution is 2.35. The van der Waals surface area contributed by atoms with Crippen LogP contribution in [-0.4, -0.2) is 20.1 Å². The van der Waals surface area contributed by atoms with Gasteiger partial charge in [0, 0.05) is 34.0 Å². The minimum absolute atomic E-state index is 0.142. The van der Waals surface area contributed by atoms with Crippen LogP contribution < -0.4 is 5.32 Å². The topological polar surface area (TPSA) is 70.9 Å². The highest BCUT2D eigenvalue weighted by atomic mass is 79.9. The maximum absolute atomic E-state index is 10.8. The van der Waals surface area contributed by atoms with Crippen molar-refractivity contribution < 1.29 is 5.11 Å². The molecule has 0 bridgehead atoms. The fourth-order valence-electron chi connectivity index (χ4n) is 2.85. The van der Waals surface area contributed by atoms with Crippen molar-refractivity contribution in [2.24, 2.45) is 0 Å². The summed E-state index contributed by atoms with van der Waals surface area (Å²) < 4.78 is 0.898. The van der Waals surface area contributed by atoms with Crippen LogP contribution in [0.3, 0.4) is 0 Å². The third kappa shape index (κ3) is 3.23. The van der Waals surface area contributed by atoms with Gasteiger partial charge in [0.15, 0.2) is 0 Å². The molecule has 1 aromatic carbocycles. The second-order valence-corrected chi connectivity index (χ2v) is 6.69. The predicted octanol–water partition coefficient (Wildman–Crippen LogP) is 4.69. The SMILES string of the molecule is Oc1c(C(Nc2ccc(Br)cn2)c2ccccn2)ccc2cccnc12. The summed E-state index contributed by atoms with van der Waals surface area (Å²) in [6, 6.07) is 16.7. The van der Waals surface area contributed by atoms with Crippen LogP contribution >= 0.6 is 15.9 Å². The molecule has 4 aromatic rings. The summed E-state index contributed by atoms with van der Waals surface area (Å²) in [4.78, 5) is 13.2. The summed E-state index contributed by atoms with van der Waals surface area (Å²) in [5.41, 5.74) is 2.04. The number of halogens is 1. The third-order valence-corrected chi connectivity index (χ3v) is 4.56. The smallest absolute Gasteiger partial charge is 0.147 e. The Morgan fingerprint density at radius 3 is 2.54 bits per heavy atom. The van der Waals surface area contributed by atoms with Crippen LogP contribution in [0.25, 0.3) is 10.9 Å². The summed E-state index contributed by atoms with van der Waals surface area (Å²) in [5, 5.41) is 15.1. The minimum Gasteiger partial charge on any atom is -0.505 e. The first-order chi connectivity index (χ1) is 12.7. The second kappa shape index (κ2) is 7.09. The van der Waals surface area contributed by atoms with Crippen LogP contribution in [0.1, 0.15) is 17.3 Å². The molecule has 1 atom stereocenters. The van der Waals surface area contributed by atoms with Gasteiger partial charge in [-0.05, 0) is 46.3 Å². The van der Waals surface area contributed by atoms with E-state index in [4.69, 9.17) is 0 Å². The molecule has 0 amide bonds. The summed E-state index contributed by atoms with van der Waals surface area (Å²) in [7, 11) is 0. The lowest BCUT2D eigenvalue weighted by atomic mass is 9.99. The normalized spacial score (nSPS) is 12.0. The molecule has 2 N–H and O–H groups in total. The summed E-state index contributed by atoms with van der Waals surface area (Å²) in [6.45, 7) is 0. The van der Waals surface area contributed by atoms with Crippen molar-refractivity contribution in [2.75, 3.05) is 5.32 Å². The van der Waals surface area contributed by atoms with Gasteiger partial charge >= 0.3 is 0 Å². The number of fused-ring (bicyclic) bond motifs is 1. The largest absolute Gasteiger partial charge is 0.505 e. The van der Waals surface area contributed by atoms with Crippen molar-refractivity contribution in [1.29, 1.82) is 0 Å². The number of anilines is 1. The first-order valence-electron chi connectivity index (χ1n) is 8.08. The Kier molecular flexibility index (Phi) is 4.50. The predicted molar refractivity (Wildman–Crippen MR) is 105 cm³/mol. The summed E-state index contributed by atoms with van der Waals surface area (Å²) in [5.74, 6) is 0.827. The highest BCUT2D eigenvalue weighted by molar-refractivity contribution is 9.10. The lowest BCUT2D eigenvalue weighted by molar-refractivity contribution is 0.471. The van der Waals surface area contributed by atoms with E-state index in [1.807, 2.05) is 54.6 Å². The number of phenolic OH excluding ortho intramolecular Hbond substituents is 1. The Bertz CT molecular complexity index is 1040. The summed E-state index contributed by atoms with van der Waals surface area (Å²) in [6.07, 6.45) is 5.13. The lowest BCUT2D eigenvalue weighted by Gasteiger charge is -2.21. The van der Waals surface area contributed by atoms with Crippen LogP contribution in [-0.2, 0) is 0 Å². The molecule has 26 heavy (non-hydrogen) atoms. The van der Waals surface area contributed by atoms with E-state index in [0.29, 0.717) is 16.9 Å². The van der Waals surface area contributed by atoms with Gasteiger partial charge in [0.1, 0.15) is 17.1 Å². The Balaban J connectivity index is 1.83. The minimum atomic E-state index is -0.365. The third-order valence-electron chi connectivity index (χ3n) is 4.09. The second-order valence-electron chi connectivity index (χ2n) is 5.77. The van der Waals surface area contributed by atoms with E-state index in [-0.39, 0.29) is 11.8 Å². The van der Waals surface area contributed by atoms with Gasteiger partial charge in [-0.1, -0.05) is 24.3 Å². The number of benzene rings is 1. The zero-order valence-corrected chi connectivity index (χ0v) is 15.3. The molecule has 5 nitrogen and oxygen atoms in total. The Morgan fingerprint density at radius 2 is 1.77 bits per heavy atom. The fourth-order valence-corrected chi connectivity index (χ4v) is 3.08. The van der Waals surface area contributed by atoms with Gasteiger partial charge in [-0.15, -0.1) is 0 Å². The molecule has 3 heterocycles. The van der Waals surface area contributed by atoms with E-state index >= 15 is 0 Å². The number of aromatic nitrogens is 3. The van der Waals surface area contributed by atoms with Crippen molar-refractivity contribution in [3.63, 3.8) is 0 Å². The number of nitrogens with one attached hydrogen (secondary N) is 1. The average molecular weight is 407 g/mol. The number of hydrogen-bond donors (Lipinski definition) is 2. The number of nitrogens with zero attached hydrogens (tertiary/aromatic N) is 3. The molecule has 0 radical (unpaired) electrons. The molecule has 0 spiro atoms. The number of phenols is 1. The molecule has 0 aliphatic heterocycles. The molecular weight excluding hydrogens is 392 g/mol. The Morgan fingerprint density at radius 1 is 0.885 bits per heavy atom. The molecule has 0 saturated heterocycles. The molecule has 0 saturated carbocycles. The molecule has 3 aromatic heterocycles. The molecule has 0 aliphatic rings. The zero-order chi connectivity index (χ0) is 17.9. The quantitative estimate of drug-likeness (QED) is 0.514. The molecule has 128 valence electrons. The van der Waals surface area contributed by atoms with Gasteiger partial charge in [0.25, 0.3) is 0 Å². The standard InChI is InChI=1S/C20H15BrN4O/c21-14-7-9-17(24-12-14)25-19(16-5-1-2-10-22-16)15-8-6-13-4-3-11-23-18(13)20(15)26/h1-12,19,26H,(H,24,25). The number of rotatable bonds is 4. The van der Waals surface area contributed by atoms with Crippen LogP contribution in [0, 0.1) is 0 Å². The molecule has 0 aliphatic carbocycles. The van der Waals surface area contributed by atoms with E-state index < -0.39 is 0 Å². The zero-order valence-electron chi connectivity index (χ0n) is 13.7. The van der Waals surface area contributed by atoms with Crippen LogP contribution in [0.2, 0.25) is 0 Å². The van der Waals surface area contributed by atoms with Crippen molar-refractivity contribution in [3.05, 3.63) is 88.9 Å². The van der Waals surface area contributed by atoms with E-state index in [1.165, 1.54) is 0 Å². The van der Waals surface area contributed by atoms with Gasteiger partial charge < -0.3 is 10.4 Å². The number of aromatic hydroxyl groups is 1. The van der Waals surface area contributed by atoms with Gasteiger partial charge in [-0.3, -0.25) is 9.97 Å². The van der Waals surface area contributed by atoms with E-state index in [2.05, 4.69) is 36.2 Å².